The zero-order valence-electron chi connectivity index (χ0n) is 12.9. The third-order valence-corrected chi connectivity index (χ3v) is 8.11. The van der Waals surface area contributed by atoms with Crippen molar-refractivity contribution < 1.29 is 24.2 Å². The number of esters is 1. The standard InChI is InChI=1S/C13H28O5Si/c1-7-17-12(16)11(15)10(14)8-9-18-19(5,6)13(2,3)4/h10-11,14-15H,7-9H2,1-6H3/t10-,11+/m1/s1. The van der Waals surface area contributed by atoms with Crippen molar-refractivity contribution >= 4 is 14.3 Å². The molecule has 0 fully saturated rings. The van der Waals surface area contributed by atoms with Crippen LogP contribution in [0.5, 0.6) is 0 Å². The van der Waals surface area contributed by atoms with Crippen LogP contribution in [0.4, 0.5) is 0 Å². The van der Waals surface area contributed by atoms with Gasteiger partial charge in [0.05, 0.1) is 12.7 Å². The van der Waals surface area contributed by atoms with Gasteiger partial charge in [0.2, 0.25) is 0 Å². The molecule has 19 heavy (non-hydrogen) atoms. The van der Waals surface area contributed by atoms with E-state index in [4.69, 9.17) is 4.43 Å². The Kier molecular flexibility index (Phi) is 7.21. The maximum absolute atomic E-state index is 11.2. The fourth-order valence-electron chi connectivity index (χ4n) is 1.19. The molecule has 0 aliphatic heterocycles. The summed E-state index contributed by atoms with van der Waals surface area (Å²) in [5, 5.41) is 19.3. The quantitative estimate of drug-likeness (QED) is 0.551. The number of rotatable bonds is 7. The van der Waals surface area contributed by atoms with Gasteiger partial charge in [-0.05, 0) is 31.5 Å². The summed E-state index contributed by atoms with van der Waals surface area (Å²) in [6.45, 7) is 12.8. The van der Waals surface area contributed by atoms with E-state index in [2.05, 4.69) is 38.6 Å². The highest BCUT2D eigenvalue weighted by atomic mass is 28.4. The summed E-state index contributed by atoms with van der Waals surface area (Å²) in [7, 11) is -1.86. The molecule has 0 aromatic heterocycles. The Morgan fingerprint density at radius 3 is 2.21 bits per heavy atom. The van der Waals surface area contributed by atoms with Crippen LogP contribution in [0.3, 0.4) is 0 Å². The largest absolute Gasteiger partial charge is 0.464 e. The van der Waals surface area contributed by atoms with Crippen LogP contribution in [0, 0.1) is 0 Å². The van der Waals surface area contributed by atoms with Gasteiger partial charge in [0.1, 0.15) is 0 Å². The molecule has 0 radical (unpaired) electrons. The number of carbonyl (C=O) groups excluding carboxylic acids is 1. The topological polar surface area (TPSA) is 76.0 Å². The first-order chi connectivity index (χ1) is 8.53. The SMILES string of the molecule is CCOC(=O)[C@@H](O)[C@H](O)CCO[Si](C)(C)C(C)(C)C. The highest BCUT2D eigenvalue weighted by Crippen LogP contribution is 2.36. The minimum Gasteiger partial charge on any atom is -0.464 e. The summed E-state index contributed by atoms with van der Waals surface area (Å²) in [5.74, 6) is -0.790. The van der Waals surface area contributed by atoms with Crippen molar-refractivity contribution in [1.82, 2.24) is 0 Å². The maximum Gasteiger partial charge on any atom is 0.337 e. The smallest absolute Gasteiger partial charge is 0.337 e. The van der Waals surface area contributed by atoms with Gasteiger partial charge >= 0.3 is 5.97 Å². The van der Waals surface area contributed by atoms with Crippen molar-refractivity contribution in [1.29, 1.82) is 0 Å². The van der Waals surface area contributed by atoms with Crippen LogP contribution in [-0.4, -0.2) is 49.9 Å². The second-order valence-electron chi connectivity index (χ2n) is 6.16. The van der Waals surface area contributed by atoms with Crippen LogP contribution < -0.4 is 0 Å². The van der Waals surface area contributed by atoms with Crippen LogP contribution >= 0.6 is 0 Å². The fourth-order valence-corrected chi connectivity index (χ4v) is 2.26. The lowest BCUT2D eigenvalue weighted by Crippen LogP contribution is -2.42. The summed E-state index contributed by atoms with van der Waals surface area (Å²) in [5.41, 5.74) is 0. The Labute approximate surface area is 117 Å². The lowest BCUT2D eigenvalue weighted by atomic mass is 10.1. The summed E-state index contributed by atoms with van der Waals surface area (Å²) in [4.78, 5) is 11.2. The van der Waals surface area contributed by atoms with Crippen molar-refractivity contribution in [3.63, 3.8) is 0 Å². The van der Waals surface area contributed by atoms with Gasteiger partial charge in [0.25, 0.3) is 0 Å². The fraction of sp³-hybridized carbons (Fsp3) is 0.923. The second-order valence-corrected chi connectivity index (χ2v) is 11.0. The Morgan fingerprint density at radius 2 is 1.79 bits per heavy atom. The zero-order valence-corrected chi connectivity index (χ0v) is 13.9. The molecule has 0 aliphatic carbocycles. The number of aliphatic hydroxyl groups is 2. The Bertz CT molecular complexity index is 285. The molecular formula is C13H28O5Si. The second kappa shape index (κ2) is 7.38. The molecule has 0 saturated heterocycles. The summed E-state index contributed by atoms with van der Waals surface area (Å²) < 4.78 is 10.5. The van der Waals surface area contributed by atoms with Crippen LogP contribution in [0.2, 0.25) is 18.1 Å². The molecule has 0 saturated carbocycles. The monoisotopic (exact) mass is 292 g/mol. The van der Waals surface area contributed by atoms with Gasteiger partial charge in [-0.1, -0.05) is 20.8 Å². The highest BCUT2D eigenvalue weighted by molar-refractivity contribution is 6.74. The van der Waals surface area contributed by atoms with E-state index in [1.807, 2.05) is 0 Å². The first kappa shape index (κ1) is 18.6. The summed E-state index contributed by atoms with van der Waals surface area (Å²) >= 11 is 0. The van der Waals surface area contributed by atoms with Gasteiger partial charge in [-0.3, -0.25) is 0 Å². The normalized spacial score (nSPS) is 16.0. The van der Waals surface area contributed by atoms with E-state index >= 15 is 0 Å². The van der Waals surface area contributed by atoms with Gasteiger partial charge in [-0.25, -0.2) is 4.79 Å². The molecule has 0 bridgehead atoms. The highest BCUT2D eigenvalue weighted by Gasteiger charge is 2.37. The van der Waals surface area contributed by atoms with Gasteiger partial charge in [-0.2, -0.15) is 0 Å². The maximum atomic E-state index is 11.2. The molecule has 5 nitrogen and oxygen atoms in total. The van der Waals surface area contributed by atoms with Crippen molar-refractivity contribution in [2.24, 2.45) is 0 Å². The van der Waals surface area contributed by atoms with Crippen molar-refractivity contribution in [2.75, 3.05) is 13.2 Å². The summed E-state index contributed by atoms with van der Waals surface area (Å²) in [6, 6.07) is 0. The van der Waals surface area contributed by atoms with E-state index in [9.17, 15) is 15.0 Å². The Balaban J connectivity index is 4.18. The molecule has 0 aromatic rings. The van der Waals surface area contributed by atoms with Crippen LogP contribution in [0.25, 0.3) is 0 Å². The molecule has 0 spiro atoms. The number of hydrogen-bond acceptors (Lipinski definition) is 5. The Hall–Kier alpha value is -0.433. The number of ether oxygens (including phenoxy) is 1. The first-order valence-electron chi connectivity index (χ1n) is 6.69. The van der Waals surface area contributed by atoms with E-state index in [0.717, 1.165) is 0 Å². The van der Waals surface area contributed by atoms with E-state index in [1.165, 1.54) is 0 Å². The van der Waals surface area contributed by atoms with Gasteiger partial charge in [-0.15, -0.1) is 0 Å². The average molecular weight is 292 g/mol. The molecule has 114 valence electrons. The van der Waals surface area contributed by atoms with Crippen LogP contribution in [-0.2, 0) is 14.0 Å². The van der Waals surface area contributed by atoms with Crippen molar-refractivity contribution in [3.05, 3.63) is 0 Å². The van der Waals surface area contributed by atoms with E-state index in [-0.39, 0.29) is 18.1 Å². The van der Waals surface area contributed by atoms with E-state index < -0.39 is 26.5 Å². The number of carbonyl (C=O) groups is 1. The van der Waals surface area contributed by atoms with Gasteiger partial charge < -0.3 is 19.4 Å². The van der Waals surface area contributed by atoms with Gasteiger partial charge in [0.15, 0.2) is 14.4 Å². The van der Waals surface area contributed by atoms with E-state index in [1.54, 1.807) is 6.92 Å². The minimum absolute atomic E-state index is 0.0950. The first-order valence-corrected chi connectivity index (χ1v) is 9.60. The molecule has 0 heterocycles. The molecule has 6 heteroatoms. The van der Waals surface area contributed by atoms with Crippen molar-refractivity contribution in [2.45, 2.75) is 64.5 Å². The molecule has 2 atom stereocenters. The van der Waals surface area contributed by atoms with Crippen LogP contribution in [0.15, 0.2) is 0 Å². The molecule has 0 aliphatic rings. The third-order valence-electron chi connectivity index (χ3n) is 3.58. The van der Waals surface area contributed by atoms with Crippen molar-refractivity contribution in [3.8, 4) is 0 Å². The van der Waals surface area contributed by atoms with Gasteiger partial charge in [0, 0.05) is 6.61 Å². The number of aliphatic hydroxyl groups excluding tert-OH is 2. The molecule has 0 unspecified atom stereocenters. The average Bonchev–Trinajstić information content (AvgIpc) is 2.26. The third kappa shape index (κ3) is 6.03. The zero-order chi connectivity index (χ0) is 15.3. The van der Waals surface area contributed by atoms with E-state index in [0.29, 0.717) is 6.61 Å². The van der Waals surface area contributed by atoms with Crippen LogP contribution in [0.1, 0.15) is 34.1 Å². The predicted octanol–water partition coefficient (Wildman–Crippen LogP) is 1.68. The minimum atomic E-state index is -1.86. The lowest BCUT2D eigenvalue weighted by molar-refractivity contribution is -0.159. The molecule has 0 aromatic carbocycles. The number of hydrogen-bond donors (Lipinski definition) is 2. The summed E-state index contributed by atoms with van der Waals surface area (Å²) in [6.07, 6.45) is -2.43. The lowest BCUT2D eigenvalue weighted by Gasteiger charge is -2.36. The Morgan fingerprint density at radius 1 is 1.26 bits per heavy atom. The molecule has 0 amide bonds. The molecular weight excluding hydrogens is 264 g/mol. The predicted molar refractivity (Wildman–Crippen MR) is 76.4 cm³/mol. The molecule has 2 N–H and O–H groups in total. The molecule has 0 rings (SSSR count).